The topological polar surface area (TPSA) is 30.5 Å². The van der Waals surface area contributed by atoms with Crippen LogP contribution < -0.4 is 10.1 Å². The summed E-state index contributed by atoms with van der Waals surface area (Å²) in [6.07, 6.45) is 0. The van der Waals surface area contributed by atoms with Crippen molar-refractivity contribution < 1.29 is 9.47 Å². The van der Waals surface area contributed by atoms with Gasteiger partial charge >= 0.3 is 0 Å². The van der Waals surface area contributed by atoms with E-state index in [1.54, 1.807) is 7.11 Å². The minimum Gasteiger partial charge on any atom is -0.456 e. The first-order valence-corrected chi connectivity index (χ1v) is 8.47. The molecule has 0 heterocycles. The lowest BCUT2D eigenvalue weighted by Crippen LogP contribution is -2.18. The number of ether oxygens (including phenoxy) is 2. The predicted octanol–water partition coefficient (Wildman–Crippen LogP) is 4.58. The van der Waals surface area contributed by atoms with Gasteiger partial charge in [0.2, 0.25) is 0 Å². The molecule has 21 heavy (non-hydrogen) atoms. The van der Waals surface area contributed by atoms with Crippen molar-refractivity contribution in [3.63, 3.8) is 0 Å². The maximum Gasteiger partial charge on any atom is 0.141 e. The maximum atomic E-state index is 5.90. The molecule has 0 radical (unpaired) electrons. The van der Waals surface area contributed by atoms with E-state index in [4.69, 9.17) is 9.47 Å². The Morgan fingerprint density at radius 1 is 1.19 bits per heavy atom. The van der Waals surface area contributed by atoms with Gasteiger partial charge in [0.1, 0.15) is 11.5 Å². The summed E-state index contributed by atoms with van der Waals surface area (Å²) < 4.78 is 13.0. The first kappa shape index (κ1) is 16.7. The van der Waals surface area contributed by atoms with Crippen molar-refractivity contribution in [1.29, 1.82) is 0 Å². The van der Waals surface area contributed by atoms with Gasteiger partial charge in [-0.15, -0.1) is 0 Å². The van der Waals surface area contributed by atoms with Gasteiger partial charge < -0.3 is 14.8 Å². The van der Waals surface area contributed by atoms with E-state index < -0.39 is 0 Å². The molecule has 0 aromatic heterocycles. The highest BCUT2D eigenvalue weighted by molar-refractivity contribution is 14.1. The molecule has 0 saturated heterocycles. The fourth-order valence-electron chi connectivity index (χ4n) is 1.80. The average molecular weight is 462 g/mol. The third-order valence-electron chi connectivity index (χ3n) is 2.83. The number of nitrogens with one attached hydrogen (secondary N) is 1. The van der Waals surface area contributed by atoms with Crippen molar-refractivity contribution in [2.75, 3.05) is 20.3 Å². The molecule has 0 bridgehead atoms. The molecule has 3 nitrogen and oxygen atoms in total. The molecule has 0 fully saturated rings. The number of rotatable bonds is 7. The fraction of sp³-hybridized carbons (Fsp3) is 0.250. The summed E-state index contributed by atoms with van der Waals surface area (Å²) in [5.41, 5.74) is 1.20. The van der Waals surface area contributed by atoms with Gasteiger partial charge in [0.15, 0.2) is 0 Å². The maximum absolute atomic E-state index is 5.90. The number of methoxy groups -OCH3 is 1. The largest absolute Gasteiger partial charge is 0.456 e. The van der Waals surface area contributed by atoms with Crippen LogP contribution in [0.5, 0.6) is 11.5 Å². The first-order valence-electron chi connectivity index (χ1n) is 6.60. The molecule has 112 valence electrons. The fourth-order valence-corrected chi connectivity index (χ4v) is 2.82. The molecular formula is C16H17BrINO2. The Bertz CT molecular complexity index is 592. The molecule has 0 aliphatic heterocycles. The number of benzene rings is 2. The van der Waals surface area contributed by atoms with Gasteiger partial charge in [0.25, 0.3) is 0 Å². The molecule has 0 spiro atoms. The van der Waals surface area contributed by atoms with E-state index in [1.807, 2.05) is 30.3 Å². The molecule has 0 unspecified atom stereocenters. The minimum absolute atomic E-state index is 0.717. The average Bonchev–Trinajstić information content (AvgIpc) is 2.46. The van der Waals surface area contributed by atoms with E-state index in [0.717, 1.165) is 39.2 Å². The van der Waals surface area contributed by atoms with Crippen LogP contribution in [-0.2, 0) is 11.3 Å². The monoisotopic (exact) mass is 461 g/mol. The lowest BCUT2D eigenvalue weighted by Gasteiger charge is -2.10. The van der Waals surface area contributed by atoms with E-state index in [-0.39, 0.29) is 0 Å². The second-order valence-electron chi connectivity index (χ2n) is 4.49. The smallest absolute Gasteiger partial charge is 0.141 e. The summed E-state index contributed by atoms with van der Waals surface area (Å²) in [5, 5.41) is 3.32. The van der Waals surface area contributed by atoms with E-state index in [0.29, 0.717) is 0 Å². The van der Waals surface area contributed by atoms with Crippen LogP contribution >= 0.6 is 38.5 Å². The zero-order valence-electron chi connectivity index (χ0n) is 11.7. The van der Waals surface area contributed by atoms with Gasteiger partial charge in [-0.1, -0.05) is 12.1 Å². The van der Waals surface area contributed by atoms with Crippen LogP contribution in [0.4, 0.5) is 0 Å². The Hall–Kier alpha value is -0.630. The highest BCUT2D eigenvalue weighted by Gasteiger charge is 2.04. The van der Waals surface area contributed by atoms with Gasteiger partial charge in [-0.05, 0) is 74.4 Å². The highest BCUT2D eigenvalue weighted by Crippen LogP contribution is 2.31. The molecule has 2 rings (SSSR count). The second kappa shape index (κ2) is 8.73. The van der Waals surface area contributed by atoms with Gasteiger partial charge in [-0.3, -0.25) is 0 Å². The summed E-state index contributed by atoms with van der Waals surface area (Å²) in [4.78, 5) is 0. The summed E-state index contributed by atoms with van der Waals surface area (Å²) in [5.74, 6) is 1.66. The minimum atomic E-state index is 0.717. The quantitative estimate of drug-likeness (QED) is 0.483. The first-order chi connectivity index (χ1) is 10.2. The number of hydrogen-bond donors (Lipinski definition) is 1. The zero-order chi connectivity index (χ0) is 15.1. The zero-order valence-corrected chi connectivity index (χ0v) is 15.5. The third-order valence-corrected chi connectivity index (χ3v) is 4.12. The lowest BCUT2D eigenvalue weighted by molar-refractivity contribution is 0.199. The van der Waals surface area contributed by atoms with E-state index in [1.165, 1.54) is 5.56 Å². The van der Waals surface area contributed by atoms with Crippen molar-refractivity contribution in [3.8, 4) is 11.5 Å². The highest BCUT2D eigenvalue weighted by atomic mass is 127. The number of halogens is 2. The summed E-state index contributed by atoms with van der Waals surface area (Å²) >= 11 is 5.84. The normalized spacial score (nSPS) is 10.6. The second-order valence-corrected chi connectivity index (χ2v) is 6.59. The summed E-state index contributed by atoms with van der Waals surface area (Å²) in [6, 6.07) is 14.1. The predicted molar refractivity (Wildman–Crippen MR) is 97.0 cm³/mol. The van der Waals surface area contributed by atoms with Crippen molar-refractivity contribution in [1.82, 2.24) is 5.32 Å². The molecule has 2 aromatic carbocycles. The van der Waals surface area contributed by atoms with Gasteiger partial charge in [0.05, 0.1) is 11.1 Å². The third kappa shape index (κ3) is 5.58. The lowest BCUT2D eigenvalue weighted by atomic mass is 10.2. The van der Waals surface area contributed by atoms with Crippen molar-refractivity contribution in [2.24, 2.45) is 0 Å². The molecule has 0 atom stereocenters. The summed E-state index contributed by atoms with van der Waals surface area (Å²) in [6.45, 7) is 2.37. The molecule has 0 saturated carbocycles. The van der Waals surface area contributed by atoms with E-state index >= 15 is 0 Å². The Morgan fingerprint density at radius 2 is 2.05 bits per heavy atom. The van der Waals surface area contributed by atoms with Crippen LogP contribution in [0.2, 0.25) is 0 Å². The Kier molecular flexibility index (Phi) is 6.95. The SMILES string of the molecule is COCCNCc1ccc(Oc2cccc(I)c2)c(Br)c1. The Morgan fingerprint density at radius 3 is 2.76 bits per heavy atom. The Balaban J connectivity index is 1.98. The Labute approximate surface area is 147 Å². The van der Waals surface area contributed by atoms with Crippen LogP contribution in [0.25, 0.3) is 0 Å². The molecule has 1 N–H and O–H groups in total. The van der Waals surface area contributed by atoms with E-state index in [2.05, 4.69) is 56.0 Å². The molecule has 0 aliphatic rings. The van der Waals surface area contributed by atoms with Crippen molar-refractivity contribution in [2.45, 2.75) is 6.54 Å². The van der Waals surface area contributed by atoms with Crippen molar-refractivity contribution in [3.05, 3.63) is 56.1 Å². The van der Waals surface area contributed by atoms with E-state index in [9.17, 15) is 0 Å². The van der Waals surface area contributed by atoms with Crippen LogP contribution in [0, 0.1) is 3.57 Å². The van der Waals surface area contributed by atoms with Crippen molar-refractivity contribution >= 4 is 38.5 Å². The number of hydrogen-bond acceptors (Lipinski definition) is 3. The summed E-state index contributed by atoms with van der Waals surface area (Å²) in [7, 11) is 1.70. The van der Waals surface area contributed by atoms with Gasteiger partial charge in [-0.25, -0.2) is 0 Å². The molecule has 0 aliphatic carbocycles. The van der Waals surface area contributed by atoms with Crippen LogP contribution in [0.1, 0.15) is 5.56 Å². The van der Waals surface area contributed by atoms with Crippen LogP contribution in [0.15, 0.2) is 46.9 Å². The van der Waals surface area contributed by atoms with Crippen LogP contribution in [0.3, 0.4) is 0 Å². The molecule has 0 amide bonds. The molecule has 5 heteroatoms. The standard InChI is InChI=1S/C16H17BrINO2/c1-20-8-7-19-11-12-5-6-16(15(17)9-12)21-14-4-2-3-13(18)10-14/h2-6,9-10,19H,7-8,11H2,1H3. The molecule has 2 aromatic rings. The van der Waals surface area contributed by atoms with Gasteiger partial charge in [-0.2, -0.15) is 0 Å². The van der Waals surface area contributed by atoms with Crippen LogP contribution in [-0.4, -0.2) is 20.3 Å². The van der Waals surface area contributed by atoms with Gasteiger partial charge in [0, 0.05) is 23.8 Å². The molecular weight excluding hydrogens is 445 g/mol.